The third-order valence-corrected chi connectivity index (χ3v) is 4.23. The first kappa shape index (κ1) is 15.8. The van der Waals surface area contributed by atoms with Crippen LogP contribution in [0.1, 0.15) is 18.2 Å². The highest BCUT2D eigenvalue weighted by atomic mass is 35.5. The Morgan fingerprint density at radius 2 is 2.19 bits per heavy atom. The molecule has 0 aliphatic rings. The number of aromatic nitrogens is 1. The molecule has 0 amide bonds. The van der Waals surface area contributed by atoms with E-state index in [2.05, 4.69) is 4.98 Å². The molecule has 0 unspecified atom stereocenters. The highest BCUT2D eigenvalue weighted by Crippen LogP contribution is 2.24. The number of hydrogen-bond donors (Lipinski definition) is 0. The van der Waals surface area contributed by atoms with Crippen molar-refractivity contribution < 1.29 is 9.53 Å². The lowest BCUT2D eigenvalue weighted by Crippen LogP contribution is -2.16. The first-order valence-corrected chi connectivity index (χ1v) is 7.90. The van der Waals surface area contributed by atoms with Crippen molar-refractivity contribution in [3.05, 3.63) is 45.9 Å². The van der Waals surface area contributed by atoms with Gasteiger partial charge in [-0.05, 0) is 18.6 Å². The van der Waals surface area contributed by atoms with Crippen molar-refractivity contribution in [2.45, 2.75) is 19.9 Å². The molecule has 1 heterocycles. The predicted molar refractivity (Wildman–Crippen MR) is 86.0 cm³/mol. The second-order valence-corrected chi connectivity index (χ2v) is 5.79. The maximum Gasteiger partial charge on any atom is 0.311 e. The number of anilines is 1. The molecule has 6 heteroatoms. The van der Waals surface area contributed by atoms with Crippen LogP contribution in [0.5, 0.6) is 0 Å². The summed E-state index contributed by atoms with van der Waals surface area (Å²) in [6, 6.07) is 7.74. The predicted octanol–water partition coefficient (Wildman–Crippen LogP) is 3.54. The molecule has 0 bridgehead atoms. The molecule has 0 N–H and O–H groups in total. The molecular formula is C15H17ClN2O2S. The highest BCUT2D eigenvalue weighted by Gasteiger charge is 2.12. The standard InChI is InChI=1S/C15H17ClN2O2S/c1-3-20-14(19)8-12-10-21-15(17-12)18(2)9-11-6-4-5-7-13(11)16/h4-7,10H,3,8-9H2,1-2H3. The first-order valence-electron chi connectivity index (χ1n) is 6.64. The number of rotatable bonds is 6. The molecule has 1 aromatic carbocycles. The molecule has 112 valence electrons. The van der Waals surface area contributed by atoms with E-state index in [0.717, 1.165) is 21.4 Å². The zero-order chi connectivity index (χ0) is 15.2. The third-order valence-electron chi connectivity index (χ3n) is 2.86. The average Bonchev–Trinajstić information content (AvgIpc) is 2.90. The van der Waals surface area contributed by atoms with Gasteiger partial charge in [0.25, 0.3) is 0 Å². The summed E-state index contributed by atoms with van der Waals surface area (Å²) >= 11 is 7.67. The number of esters is 1. The van der Waals surface area contributed by atoms with Crippen LogP contribution in [0.2, 0.25) is 5.02 Å². The average molecular weight is 325 g/mol. The number of benzene rings is 1. The zero-order valence-corrected chi connectivity index (χ0v) is 13.6. The van der Waals surface area contributed by atoms with Gasteiger partial charge in [-0.25, -0.2) is 4.98 Å². The Kier molecular flexibility index (Phi) is 5.59. The van der Waals surface area contributed by atoms with E-state index in [1.54, 1.807) is 6.92 Å². The topological polar surface area (TPSA) is 42.4 Å². The summed E-state index contributed by atoms with van der Waals surface area (Å²) in [4.78, 5) is 17.9. The summed E-state index contributed by atoms with van der Waals surface area (Å²) < 4.78 is 4.92. The van der Waals surface area contributed by atoms with Gasteiger partial charge in [0, 0.05) is 24.0 Å². The van der Waals surface area contributed by atoms with E-state index >= 15 is 0 Å². The van der Waals surface area contributed by atoms with Crippen LogP contribution < -0.4 is 4.90 Å². The summed E-state index contributed by atoms with van der Waals surface area (Å²) in [7, 11) is 1.95. The summed E-state index contributed by atoms with van der Waals surface area (Å²) in [5.41, 5.74) is 1.78. The van der Waals surface area contributed by atoms with E-state index in [1.165, 1.54) is 11.3 Å². The SMILES string of the molecule is CCOC(=O)Cc1csc(N(C)Cc2ccccc2Cl)n1. The lowest BCUT2D eigenvalue weighted by Gasteiger charge is -2.16. The summed E-state index contributed by atoms with van der Waals surface area (Å²) in [6.45, 7) is 2.86. The molecule has 0 radical (unpaired) electrons. The first-order chi connectivity index (χ1) is 10.1. The van der Waals surface area contributed by atoms with Crippen LogP contribution in [0.25, 0.3) is 0 Å². The summed E-state index contributed by atoms with van der Waals surface area (Å²) in [5.74, 6) is -0.247. The molecule has 0 saturated carbocycles. The van der Waals surface area contributed by atoms with Gasteiger partial charge in [-0.2, -0.15) is 0 Å². The van der Waals surface area contributed by atoms with Gasteiger partial charge < -0.3 is 9.64 Å². The molecule has 0 aliphatic heterocycles. The molecule has 0 fully saturated rings. The Hall–Kier alpha value is -1.59. The number of carbonyl (C=O) groups is 1. The summed E-state index contributed by atoms with van der Waals surface area (Å²) in [6.07, 6.45) is 0.213. The lowest BCUT2D eigenvalue weighted by atomic mass is 10.2. The number of halogens is 1. The van der Waals surface area contributed by atoms with Crippen molar-refractivity contribution in [3.63, 3.8) is 0 Å². The van der Waals surface area contributed by atoms with Crippen LogP contribution in [-0.4, -0.2) is 24.6 Å². The lowest BCUT2D eigenvalue weighted by molar-refractivity contribution is -0.142. The number of ether oxygens (including phenoxy) is 1. The van der Waals surface area contributed by atoms with Crippen molar-refractivity contribution in [1.29, 1.82) is 0 Å². The van der Waals surface area contributed by atoms with E-state index in [9.17, 15) is 4.79 Å². The van der Waals surface area contributed by atoms with Crippen molar-refractivity contribution in [3.8, 4) is 0 Å². The second-order valence-electron chi connectivity index (χ2n) is 4.55. The molecule has 0 saturated heterocycles. The minimum Gasteiger partial charge on any atom is -0.466 e. The van der Waals surface area contributed by atoms with Crippen LogP contribution in [0.4, 0.5) is 5.13 Å². The smallest absolute Gasteiger partial charge is 0.311 e. The van der Waals surface area contributed by atoms with Gasteiger partial charge in [0.1, 0.15) is 0 Å². The van der Waals surface area contributed by atoms with Crippen molar-refractivity contribution >= 4 is 34.0 Å². The fourth-order valence-electron chi connectivity index (χ4n) is 1.86. The normalized spacial score (nSPS) is 10.4. The van der Waals surface area contributed by atoms with E-state index in [-0.39, 0.29) is 12.4 Å². The monoisotopic (exact) mass is 324 g/mol. The second kappa shape index (κ2) is 7.43. The minimum atomic E-state index is -0.247. The Morgan fingerprint density at radius 3 is 2.90 bits per heavy atom. The van der Waals surface area contributed by atoms with Crippen LogP contribution >= 0.6 is 22.9 Å². The molecule has 4 nitrogen and oxygen atoms in total. The molecule has 0 spiro atoms. The highest BCUT2D eigenvalue weighted by molar-refractivity contribution is 7.13. The number of thiazole rings is 1. The molecule has 2 rings (SSSR count). The van der Waals surface area contributed by atoms with Gasteiger partial charge in [0.2, 0.25) is 0 Å². The zero-order valence-electron chi connectivity index (χ0n) is 12.0. The number of nitrogens with zero attached hydrogens (tertiary/aromatic N) is 2. The maximum absolute atomic E-state index is 11.4. The molecule has 1 aromatic heterocycles. The largest absolute Gasteiger partial charge is 0.466 e. The molecule has 2 aromatic rings. The number of carbonyl (C=O) groups excluding carboxylic acids is 1. The Labute approximate surface area is 133 Å². The van der Waals surface area contributed by atoms with Crippen LogP contribution in [0.3, 0.4) is 0 Å². The van der Waals surface area contributed by atoms with Gasteiger partial charge in [-0.3, -0.25) is 4.79 Å². The fraction of sp³-hybridized carbons (Fsp3) is 0.333. The molecule has 0 aliphatic carbocycles. The van der Waals surface area contributed by atoms with E-state index in [4.69, 9.17) is 16.3 Å². The van der Waals surface area contributed by atoms with Gasteiger partial charge in [0.05, 0.1) is 18.7 Å². The molecule has 21 heavy (non-hydrogen) atoms. The molecular weight excluding hydrogens is 308 g/mol. The van der Waals surface area contributed by atoms with Gasteiger partial charge >= 0.3 is 5.97 Å². The fourth-order valence-corrected chi connectivity index (χ4v) is 2.85. The van der Waals surface area contributed by atoms with Crippen molar-refractivity contribution in [2.75, 3.05) is 18.6 Å². The van der Waals surface area contributed by atoms with Crippen LogP contribution in [-0.2, 0) is 22.5 Å². The van der Waals surface area contributed by atoms with Crippen LogP contribution in [0, 0.1) is 0 Å². The third kappa shape index (κ3) is 4.44. The van der Waals surface area contributed by atoms with Crippen LogP contribution in [0.15, 0.2) is 29.6 Å². The van der Waals surface area contributed by atoms with Crippen molar-refractivity contribution in [1.82, 2.24) is 4.98 Å². The van der Waals surface area contributed by atoms with Gasteiger partial charge in [-0.15, -0.1) is 11.3 Å². The number of hydrogen-bond acceptors (Lipinski definition) is 5. The van der Waals surface area contributed by atoms with E-state index in [0.29, 0.717) is 13.2 Å². The van der Waals surface area contributed by atoms with E-state index in [1.807, 2.05) is 41.6 Å². The van der Waals surface area contributed by atoms with Gasteiger partial charge in [-0.1, -0.05) is 29.8 Å². The quantitative estimate of drug-likeness (QED) is 0.762. The van der Waals surface area contributed by atoms with Crippen molar-refractivity contribution in [2.24, 2.45) is 0 Å². The maximum atomic E-state index is 11.4. The van der Waals surface area contributed by atoms with Gasteiger partial charge in [0.15, 0.2) is 5.13 Å². The summed E-state index contributed by atoms with van der Waals surface area (Å²) in [5, 5.41) is 3.48. The molecule has 0 atom stereocenters. The Bertz CT molecular complexity index is 615. The Morgan fingerprint density at radius 1 is 1.43 bits per heavy atom. The van der Waals surface area contributed by atoms with E-state index < -0.39 is 0 Å². The minimum absolute atomic E-state index is 0.213. The Balaban J connectivity index is 2.00.